The molecule has 3 aromatic heterocycles. The first-order chi connectivity index (χ1) is 17.5. The van der Waals surface area contributed by atoms with Gasteiger partial charge in [-0.25, -0.2) is 4.79 Å². The van der Waals surface area contributed by atoms with Crippen molar-refractivity contribution in [1.29, 1.82) is 0 Å². The van der Waals surface area contributed by atoms with Crippen LogP contribution in [0.4, 0.5) is 0 Å². The number of ether oxygens (including phenoxy) is 1. The van der Waals surface area contributed by atoms with E-state index >= 15 is 0 Å². The van der Waals surface area contributed by atoms with Gasteiger partial charge in [0.1, 0.15) is 5.56 Å². The number of nitrogens with zero attached hydrogens (tertiary/aromatic N) is 1. The standard InChI is InChI=1S/C30H19NO5/c1-18(32)35-28-25(21-13-6-3-7-14-21)30(34)36-27-24(20-11-4-2-5-12-20)29(33)31-22-15-9-8-10-19(22)16-17-23(31)26(27)28/h2-17H,1H3. The topological polar surface area (TPSA) is 78.0 Å². The lowest BCUT2D eigenvalue weighted by Gasteiger charge is -2.17. The third-order valence-corrected chi connectivity index (χ3v) is 6.19. The van der Waals surface area contributed by atoms with Crippen molar-refractivity contribution >= 4 is 33.4 Å². The van der Waals surface area contributed by atoms with Gasteiger partial charge in [-0.15, -0.1) is 0 Å². The molecule has 6 aromatic rings. The summed E-state index contributed by atoms with van der Waals surface area (Å²) in [7, 11) is 0. The Morgan fingerprint density at radius 1 is 0.722 bits per heavy atom. The van der Waals surface area contributed by atoms with E-state index in [1.54, 1.807) is 46.9 Å². The van der Waals surface area contributed by atoms with Crippen LogP contribution in [-0.4, -0.2) is 10.4 Å². The zero-order valence-corrected chi connectivity index (χ0v) is 19.2. The molecule has 0 aliphatic heterocycles. The van der Waals surface area contributed by atoms with Crippen LogP contribution in [0.15, 0.2) is 111 Å². The molecular formula is C30H19NO5. The van der Waals surface area contributed by atoms with Crippen LogP contribution in [0, 0.1) is 0 Å². The third-order valence-electron chi connectivity index (χ3n) is 6.19. The number of benzene rings is 3. The van der Waals surface area contributed by atoms with E-state index in [9.17, 15) is 14.4 Å². The number of aromatic nitrogens is 1. The second kappa shape index (κ2) is 8.36. The van der Waals surface area contributed by atoms with Crippen molar-refractivity contribution in [3.05, 3.63) is 118 Å². The molecule has 0 amide bonds. The van der Waals surface area contributed by atoms with Gasteiger partial charge in [0, 0.05) is 6.92 Å². The number of rotatable bonds is 3. The molecule has 0 spiro atoms. The van der Waals surface area contributed by atoms with Crippen molar-refractivity contribution in [2.45, 2.75) is 6.92 Å². The highest BCUT2D eigenvalue weighted by molar-refractivity contribution is 6.09. The Balaban J connectivity index is 1.94. The van der Waals surface area contributed by atoms with E-state index in [1.165, 1.54) is 6.92 Å². The number of pyridine rings is 2. The van der Waals surface area contributed by atoms with E-state index in [2.05, 4.69) is 0 Å². The molecule has 0 saturated carbocycles. The molecule has 3 heterocycles. The molecule has 0 N–H and O–H groups in total. The minimum Gasteiger partial charge on any atom is -0.425 e. The Morgan fingerprint density at radius 3 is 2.00 bits per heavy atom. The SMILES string of the molecule is CC(=O)Oc1c(-c2ccccc2)c(=O)oc2c(-c3ccccc3)c(=O)n3c4ccccc4ccc3c12. The summed E-state index contributed by atoms with van der Waals surface area (Å²) in [4.78, 5) is 39.8. The largest absolute Gasteiger partial charge is 0.425 e. The number of esters is 1. The number of carbonyl (C=O) groups excluding carboxylic acids is 1. The Bertz CT molecular complexity index is 1920. The lowest BCUT2D eigenvalue weighted by molar-refractivity contribution is -0.131. The van der Waals surface area contributed by atoms with E-state index in [-0.39, 0.29) is 28.0 Å². The van der Waals surface area contributed by atoms with Gasteiger partial charge in [-0.05, 0) is 28.6 Å². The van der Waals surface area contributed by atoms with Crippen LogP contribution in [0.2, 0.25) is 0 Å². The summed E-state index contributed by atoms with van der Waals surface area (Å²) in [6.45, 7) is 1.28. The quantitative estimate of drug-likeness (QED) is 0.239. The second-order valence-electron chi connectivity index (χ2n) is 8.42. The summed E-state index contributed by atoms with van der Waals surface area (Å²) in [5.74, 6) is -0.532. The Labute approximate surface area is 204 Å². The van der Waals surface area contributed by atoms with Crippen LogP contribution in [-0.2, 0) is 4.79 Å². The average Bonchev–Trinajstić information content (AvgIpc) is 2.89. The highest BCUT2D eigenvalue weighted by Crippen LogP contribution is 2.40. The molecule has 3 aromatic carbocycles. The molecule has 0 aliphatic rings. The van der Waals surface area contributed by atoms with Gasteiger partial charge in [-0.1, -0.05) is 84.9 Å². The molecule has 0 saturated heterocycles. The van der Waals surface area contributed by atoms with Crippen LogP contribution in [0.25, 0.3) is 49.6 Å². The van der Waals surface area contributed by atoms with E-state index < -0.39 is 11.6 Å². The minimum absolute atomic E-state index is 0.0601. The van der Waals surface area contributed by atoms with Crippen molar-refractivity contribution < 1.29 is 13.9 Å². The lowest BCUT2D eigenvalue weighted by atomic mass is 9.99. The summed E-state index contributed by atoms with van der Waals surface area (Å²) < 4.78 is 13.2. The molecular weight excluding hydrogens is 454 g/mol. The molecule has 6 heteroatoms. The molecule has 6 rings (SSSR count). The Hall–Kier alpha value is -4.97. The third kappa shape index (κ3) is 3.31. The number of hydrogen-bond donors (Lipinski definition) is 0. The molecule has 6 nitrogen and oxygen atoms in total. The van der Waals surface area contributed by atoms with Crippen molar-refractivity contribution in [3.63, 3.8) is 0 Å². The maximum atomic E-state index is 14.0. The maximum Gasteiger partial charge on any atom is 0.348 e. The molecule has 0 radical (unpaired) electrons. The van der Waals surface area contributed by atoms with Crippen molar-refractivity contribution in [1.82, 2.24) is 4.40 Å². The molecule has 0 aliphatic carbocycles. The number of fused-ring (bicyclic) bond motifs is 5. The average molecular weight is 473 g/mol. The second-order valence-corrected chi connectivity index (χ2v) is 8.42. The van der Waals surface area contributed by atoms with Crippen LogP contribution < -0.4 is 15.9 Å². The predicted octanol–water partition coefficient (Wildman–Crippen LogP) is 5.82. The summed E-state index contributed by atoms with van der Waals surface area (Å²) in [6.07, 6.45) is 0. The van der Waals surface area contributed by atoms with E-state index in [4.69, 9.17) is 9.15 Å². The van der Waals surface area contributed by atoms with Crippen molar-refractivity contribution in [2.75, 3.05) is 0 Å². The van der Waals surface area contributed by atoms with E-state index in [0.29, 0.717) is 27.5 Å². The number of carbonyl (C=O) groups is 1. The van der Waals surface area contributed by atoms with E-state index in [0.717, 1.165) is 5.39 Å². The molecule has 0 atom stereocenters. The minimum atomic E-state index is -0.702. The van der Waals surface area contributed by atoms with Crippen LogP contribution in [0.3, 0.4) is 0 Å². The number of para-hydroxylation sites is 1. The van der Waals surface area contributed by atoms with Crippen LogP contribution in [0.5, 0.6) is 5.75 Å². The van der Waals surface area contributed by atoms with Gasteiger partial charge in [-0.3, -0.25) is 14.0 Å². The first-order valence-corrected chi connectivity index (χ1v) is 11.4. The summed E-state index contributed by atoms with van der Waals surface area (Å²) in [6, 6.07) is 29.1. The van der Waals surface area contributed by atoms with Gasteiger partial charge in [-0.2, -0.15) is 0 Å². The Morgan fingerprint density at radius 2 is 1.33 bits per heavy atom. The zero-order valence-electron chi connectivity index (χ0n) is 19.2. The molecule has 0 bridgehead atoms. The highest BCUT2D eigenvalue weighted by Gasteiger charge is 2.26. The first-order valence-electron chi connectivity index (χ1n) is 11.4. The fraction of sp³-hybridized carbons (Fsp3) is 0.0333. The fourth-order valence-electron chi connectivity index (χ4n) is 4.71. The molecule has 36 heavy (non-hydrogen) atoms. The van der Waals surface area contributed by atoms with Gasteiger partial charge >= 0.3 is 11.6 Å². The van der Waals surface area contributed by atoms with Gasteiger partial charge in [0.05, 0.1) is 22.0 Å². The molecule has 0 unspecified atom stereocenters. The highest BCUT2D eigenvalue weighted by atomic mass is 16.5. The normalized spacial score (nSPS) is 11.2. The van der Waals surface area contributed by atoms with Gasteiger partial charge in [0.2, 0.25) is 0 Å². The maximum absolute atomic E-state index is 14.0. The first kappa shape index (κ1) is 21.6. The van der Waals surface area contributed by atoms with Crippen LogP contribution in [0.1, 0.15) is 6.92 Å². The summed E-state index contributed by atoms with van der Waals surface area (Å²) in [5.41, 5.74) is 1.62. The summed E-state index contributed by atoms with van der Waals surface area (Å²) >= 11 is 0. The Kier molecular flexibility index (Phi) is 5.00. The summed E-state index contributed by atoms with van der Waals surface area (Å²) in [5, 5.41) is 1.23. The van der Waals surface area contributed by atoms with Crippen molar-refractivity contribution in [2.24, 2.45) is 0 Å². The zero-order chi connectivity index (χ0) is 24.8. The molecule has 0 fully saturated rings. The van der Waals surface area contributed by atoms with E-state index in [1.807, 2.05) is 54.6 Å². The number of hydrogen-bond acceptors (Lipinski definition) is 5. The lowest BCUT2D eigenvalue weighted by Crippen LogP contribution is -2.20. The van der Waals surface area contributed by atoms with Crippen molar-refractivity contribution in [3.8, 4) is 28.0 Å². The van der Waals surface area contributed by atoms with Gasteiger partial charge in [0.25, 0.3) is 5.56 Å². The fourth-order valence-corrected chi connectivity index (χ4v) is 4.71. The molecule has 174 valence electrons. The predicted molar refractivity (Wildman–Crippen MR) is 139 cm³/mol. The van der Waals surface area contributed by atoms with Gasteiger partial charge < -0.3 is 9.15 Å². The smallest absolute Gasteiger partial charge is 0.348 e. The van der Waals surface area contributed by atoms with Crippen LogP contribution >= 0.6 is 0 Å². The van der Waals surface area contributed by atoms with Gasteiger partial charge in [0.15, 0.2) is 11.3 Å². The monoisotopic (exact) mass is 473 g/mol.